The van der Waals surface area contributed by atoms with E-state index < -0.39 is 11.6 Å². The van der Waals surface area contributed by atoms with Crippen molar-refractivity contribution in [3.8, 4) is 0 Å². The number of esters is 1. The minimum atomic E-state index is -1.55. The van der Waals surface area contributed by atoms with Gasteiger partial charge >= 0.3 is 5.97 Å². The largest absolute Gasteiger partial charge is 0.457 e. The first-order valence-electron chi connectivity index (χ1n) is 12.1. The Bertz CT molecular complexity index is 872. The summed E-state index contributed by atoms with van der Waals surface area (Å²) in [6.45, 7) is 2.49. The summed E-state index contributed by atoms with van der Waals surface area (Å²) in [6, 6.07) is 9.64. The molecule has 6 heteroatoms. The van der Waals surface area contributed by atoms with E-state index in [0.717, 1.165) is 74.5 Å². The van der Waals surface area contributed by atoms with Crippen molar-refractivity contribution in [1.82, 2.24) is 9.97 Å². The summed E-state index contributed by atoms with van der Waals surface area (Å²) in [5, 5.41) is 11.6. The lowest BCUT2D eigenvalue weighted by Gasteiger charge is -2.37. The molecule has 2 aromatic rings. The van der Waals surface area contributed by atoms with Crippen molar-refractivity contribution in [2.45, 2.75) is 63.0 Å². The van der Waals surface area contributed by atoms with Crippen molar-refractivity contribution in [3.63, 3.8) is 0 Å². The van der Waals surface area contributed by atoms with E-state index in [9.17, 15) is 9.90 Å². The zero-order valence-electron chi connectivity index (χ0n) is 19.2. The van der Waals surface area contributed by atoms with E-state index >= 15 is 0 Å². The molecule has 3 atom stereocenters. The van der Waals surface area contributed by atoms with Gasteiger partial charge in [-0.1, -0.05) is 43.2 Å². The lowest BCUT2D eigenvalue weighted by molar-refractivity contribution is -0.921. The van der Waals surface area contributed by atoms with Gasteiger partial charge in [-0.25, -0.2) is 14.8 Å². The molecule has 1 saturated carbocycles. The lowest BCUT2D eigenvalue weighted by Crippen LogP contribution is -2.52. The Labute approximate surface area is 191 Å². The monoisotopic (exact) mass is 438 g/mol. The number of aromatic nitrogens is 2. The van der Waals surface area contributed by atoms with Gasteiger partial charge in [0.25, 0.3) is 0 Å². The highest BCUT2D eigenvalue weighted by molar-refractivity contribution is 5.81. The molecule has 6 nitrogen and oxygen atoms in total. The maximum atomic E-state index is 13.3. The predicted octanol–water partition coefficient (Wildman–Crippen LogP) is 3.64. The highest BCUT2D eigenvalue weighted by atomic mass is 16.6. The third-order valence-electron chi connectivity index (χ3n) is 7.71. The standard InChI is InChI=1S/C26H36N3O3/c1-29(15-7-9-21-17-27-20-28-18-21)16-8-14-24(29)19-32-25(30)26(31,23-12-5-6-13-23)22-10-3-2-4-11-22/h2-4,10-11,17-18,20,23-24,31H,5-9,12-16,19H2,1H3/q+1/t24-,26?,29?/m1/s1. The second kappa shape index (κ2) is 10.1. The molecule has 0 bridgehead atoms. The number of benzene rings is 1. The molecule has 1 aromatic heterocycles. The van der Waals surface area contributed by atoms with Crippen molar-refractivity contribution < 1.29 is 19.1 Å². The lowest BCUT2D eigenvalue weighted by atomic mass is 9.80. The SMILES string of the molecule is C[N+]1(CCCc2cncnc2)CCC[C@@H]1COC(=O)C(O)(c1ccccc1)C1CCCC1. The summed E-state index contributed by atoms with van der Waals surface area (Å²) in [5.41, 5.74) is 0.268. The summed E-state index contributed by atoms with van der Waals surface area (Å²) in [6.07, 6.45) is 13.3. The van der Waals surface area contributed by atoms with Gasteiger partial charge in [-0.2, -0.15) is 0 Å². The van der Waals surface area contributed by atoms with Crippen LogP contribution in [0.25, 0.3) is 0 Å². The fourth-order valence-electron chi connectivity index (χ4n) is 5.68. The maximum Gasteiger partial charge on any atom is 0.343 e. The van der Waals surface area contributed by atoms with Crippen LogP contribution in [0.1, 0.15) is 56.1 Å². The number of ether oxygens (including phenoxy) is 1. The molecule has 2 aliphatic rings. The Morgan fingerprint density at radius 3 is 2.56 bits per heavy atom. The van der Waals surface area contributed by atoms with E-state index in [1.807, 2.05) is 42.7 Å². The number of aryl methyl sites for hydroxylation is 1. The minimum absolute atomic E-state index is 0.0741. The van der Waals surface area contributed by atoms with Gasteiger partial charge in [-0.15, -0.1) is 0 Å². The van der Waals surface area contributed by atoms with Crippen molar-refractivity contribution in [2.24, 2.45) is 5.92 Å². The number of carbonyl (C=O) groups is 1. The number of likely N-dealkylation sites (N-methyl/N-ethyl adjacent to an activating group) is 1. The van der Waals surface area contributed by atoms with E-state index in [4.69, 9.17) is 4.74 Å². The van der Waals surface area contributed by atoms with Gasteiger partial charge in [-0.3, -0.25) is 0 Å². The molecule has 2 fully saturated rings. The van der Waals surface area contributed by atoms with Gasteiger partial charge in [0.1, 0.15) is 19.0 Å². The molecular weight excluding hydrogens is 402 g/mol. The third-order valence-corrected chi connectivity index (χ3v) is 7.71. The number of rotatable bonds is 9. The third kappa shape index (κ3) is 4.86. The number of hydrogen-bond donors (Lipinski definition) is 1. The fraction of sp³-hybridized carbons (Fsp3) is 0.577. The average molecular weight is 439 g/mol. The molecule has 0 radical (unpaired) electrons. The van der Waals surface area contributed by atoms with Crippen LogP contribution in [0.2, 0.25) is 0 Å². The smallest absolute Gasteiger partial charge is 0.343 e. The van der Waals surface area contributed by atoms with Gasteiger partial charge < -0.3 is 14.3 Å². The van der Waals surface area contributed by atoms with Crippen LogP contribution in [0.4, 0.5) is 0 Å². The van der Waals surface area contributed by atoms with Crippen LogP contribution in [0.15, 0.2) is 49.1 Å². The molecule has 1 aromatic carbocycles. The molecule has 0 spiro atoms. The van der Waals surface area contributed by atoms with Crippen LogP contribution < -0.4 is 0 Å². The Kier molecular flexibility index (Phi) is 7.21. The summed E-state index contributed by atoms with van der Waals surface area (Å²) < 4.78 is 6.80. The van der Waals surface area contributed by atoms with Gasteiger partial charge in [0, 0.05) is 37.6 Å². The van der Waals surface area contributed by atoms with Crippen molar-refractivity contribution in [3.05, 3.63) is 60.2 Å². The second-order valence-corrected chi connectivity index (χ2v) is 9.79. The minimum Gasteiger partial charge on any atom is -0.457 e. The van der Waals surface area contributed by atoms with E-state index in [1.54, 1.807) is 6.33 Å². The van der Waals surface area contributed by atoms with E-state index in [-0.39, 0.29) is 12.0 Å². The average Bonchev–Trinajstić information content (AvgIpc) is 3.49. The number of likely N-dealkylation sites (tertiary alicyclic amines) is 1. The highest BCUT2D eigenvalue weighted by Gasteiger charge is 2.48. The van der Waals surface area contributed by atoms with Gasteiger partial charge in [-0.05, 0) is 30.4 Å². The number of carbonyl (C=O) groups excluding carboxylic acids is 1. The maximum absolute atomic E-state index is 13.3. The predicted molar refractivity (Wildman–Crippen MR) is 123 cm³/mol. The quantitative estimate of drug-likeness (QED) is 0.478. The Hall–Kier alpha value is -2.31. The molecular formula is C26H36N3O3+. The number of quaternary nitrogens is 1. The zero-order valence-corrected chi connectivity index (χ0v) is 19.2. The van der Waals surface area contributed by atoms with Crippen LogP contribution in [0.3, 0.4) is 0 Å². The van der Waals surface area contributed by atoms with Crippen LogP contribution in [-0.2, 0) is 21.6 Å². The Morgan fingerprint density at radius 2 is 1.84 bits per heavy atom. The number of aliphatic hydroxyl groups is 1. The van der Waals surface area contributed by atoms with E-state index in [1.165, 1.54) is 0 Å². The first kappa shape index (κ1) is 22.9. The first-order valence-corrected chi connectivity index (χ1v) is 12.1. The van der Waals surface area contributed by atoms with Gasteiger partial charge in [0.05, 0.1) is 20.1 Å². The molecule has 2 unspecified atom stereocenters. The molecule has 2 heterocycles. The summed E-state index contributed by atoms with van der Waals surface area (Å²) in [7, 11) is 2.27. The molecule has 172 valence electrons. The normalized spacial score (nSPS) is 25.5. The van der Waals surface area contributed by atoms with E-state index in [0.29, 0.717) is 12.2 Å². The summed E-state index contributed by atoms with van der Waals surface area (Å²) >= 11 is 0. The molecule has 0 amide bonds. The highest BCUT2D eigenvalue weighted by Crippen LogP contribution is 2.41. The van der Waals surface area contributed by atoms with Crippen LogP contribution in [0.5, 0.6) is 0 Å². The molecule has 32 heavy (non-hydrogen) atoms. The molecule has 1 saturated heterocycles. The van der Waals surface area contributed by atoms with Gasteiger partial charge in [0.2, 0.25) is 0 Å². The van der Waals surface area contributed by atoms with Crippen LogP contribution in [0, 0.1) is 5.92 Å². The second-order valence-electron chi connectivity index (χ2n) is 9.79. The Balaban J connectivity index is 1.38. The van der Waals surface area contributed by atoms with E-state index in [2.05, 4.69) is 17.0 Å². The van der Waals surface area contributed by atoms with Gasteiger partial charge in [0.15, 0.2) is 5.60 Å². The van der Waals surface area contributed by atoms with Crippen LogP contribution >= 0.6 is 0 Å². The van der Waals surface area contributed by atoms with Crippen molar-refractivity contribution >= 4 is 5.97 Å². The Morgan fingerprint density at radius 1 is 1.12 bits per heavy atom. The molecule has 4 rings (SSSR count). The number of hydrogen-bond acceptors (Lipinski definition) is 5. The topological polar surface area (TPSA) is 72.3 Å². The summed E-state index contributed by atoms with van der Waals surface area (Å²) in [5.74, 6) is -0.551. The molecule has 1 aliphatic heterocycles. The molecule has 1 aliphatic carbocycles. The first-order chi connectivity index (χ1) is 15.5. The zero-order chi connectivity index (χ0) is 22.4. The van der Waals surface area contributed by atoms with Crippen molar-refractivity contribution in [2.75, 3.05) is 26.7 Å². The summed E-state index contributed by atoms with van der Waals surface area (Å²) in [4.78, 5) is 21.5. The molecule has 1 N–H and O–H groups in total. The number of nitrogens with zero attached hydrogens (tertiary/aromatic N) is 3. The fourth-order valence-corrected chi connectivity index (χ4v) is 5.68. The van der Waals surface area contributed by atoms with Crippen LogP contribution in [-0.4, -0.2) is 58.3 Å². The van der Waals surface area contributed by atoms with Crippen molar-refractivity contribution in [1.29, 1.82) is 0 Å².